The fourth-order valence-corrected chi connectivity index (χ4v) is 8.82. The van der Waals surface area contributed by atoms with Crippen molar-refractivity contribution in [1.29, 1.82) is 0 Å². The van der Waals surface area contributed by atoms with E-state index in [2.05, 4.69) is 70.2 Å². The predicted octanol–water partition coefficient (Wildman–Crippen LogP) is 7.45. The first kappa shape index (κ1) is 20.9. The van der Waals surface area contributed by atoms with Crippen molar-refractivity contribution >= 4 is 8.32 Å². The van der Waals surface area contributed by atoms with Gasteiger partial charge in [-0.05, 0) is 73.4 Å². The molecule has 0 aromatic rings. The molecule has 27 heavy (non-hydrogen) atoms. The van der Waals surface area contributed by atoms with Gasteiger partial charge in [0, 0.05) is 6.61 Å². The van der Waals surface area contributed by atoms with Gasteiger partial charge in [0.25, 0.3) is 0 Å². The van der Waals surface area contributed by atoms with E-state index in [4.69, 9.17) is 4.43 Å². The Hall–Kier alpha value is -0.863. The van der Waals surface area contributed by atoms with Crippen LogP contribution < -0.4 is 0 Å². The van der Waals surface area contributed by atoms with Crippen LogP contribution in [0, 0.1) is 23.2 Å². The summed E-state index contributed by atoms with van der Waals surface area (Å²) < 4.78 is 6.75. The van der Waals surface area contributed by atoms with Gasteiger partial charge in [-0.15, -0.1) is 0 Å². The van der Waals surface area contributed by atoms with Crippen LogP contribution in [-0.4, -0.2) is 14.9 Å². The second kappa shape index (κ2) is 9.09. The zero-order chi connectivity index (χ0) is 19.3. The van der Waals surface area contributed by atoms with Gasteiger partial charge in [0.15, 0.2) is 8.32 Å². The maximum atomic E-state index is 6.75. The second-order valence-corrected chi connectivity index (χ2v) is 13.6. The van der Waals surface area contributed by atoms with Gasteiger partial charge in [0.05, 0.1) is 0 Å². The van der Waals surface area contributed by atoms with E-state index in [1.807, 2.05) is 0 Å². The van der Waals surface area contributed by atoms with Crippen LogP contribution in [0.3, 0.4) is 0 Å². The van der Waals surface area contributed by atoms with Gasteiger partial charge in [-0.1, -0.05) is 75.8 Å². The van der Waals surface area contributed by atoms with Crippen molar-refractivity contribution in [3.05, 3.63) is 48.1 Å². The molecule has 0 saturated heterocycles. The summed E-state index contributed by atoms with van der Waals surface area (Å²) in [6.07, 6.45) is 22.9. The molecule has 0 radical (unpaired) electrons. The number of fused-ring (bicyclic) bond motifs is 1. The van der Waals surface area contributed by atoms with Crippen LogP contribution in [0.15, 0.2) is 48.1 Å². The van der Waals surface area contributed by atoms with Crippen molar-refractivity contribution in [3.8, 4) is 0 Å². The Morgan fingerprint density at radius 2 is 1.74 bits per heavy atom. The summed E-state index contributed by atoms with van der Waals surface area (Å²) in [4.78, 5) is 0. The summed E-state index contributed by atoms with van der Waals surface area (Å²) in [7, 11) is -1.50. The minimum atomic E-state index is -1.50. The molecule has 150 valence electrons. The van der Waals surface area contributed by atoms with Gasteiger partial charge in [-0.3, -0.25) is 0 Å². The lowest BCUT2D eigenvalue weighted by Crippen LogP contribution is -2.40. The number of hydrogen-bond donors (Lipinski definition) is 0. The first-order valence-electron chi connectivity index (χ1n) is 11.5. The maximum Gasteiger partial charge on any atom is 0.191 e. The molecule has 4 atom stereocenters. The molecular formula is C25H40OSi. The lowest BCUT2D eigenvalue weighted by atomic mass is 9.61. The fraction of sp³-hybridized carbons (Fsp3) is 0.680. The number of rotatable bonds is 10. The molecule has 0 aromatic carbocycles. The van der Waals surface area contributed by atoms with Gasteiger partial charge < -0.3 is 4.43 Å². The van der Waals surface area contributed by atoms with Crippen LogP contribution >= 0.6 is 0 Å². The Labute approximate surface area is 168 Å². The van der Waals surface area contributed by atoms with Crippen molar-refractivity contribution in [2.24, 2.45) is 23.2 Å². The van der Waals surface area contributed by atoms with Gasteiger partial charge in [-0.2, -0.15) is 0 Å². The summed E-state index contributed by atoms with van der Waals surface area (Å²) in [6, 6.07) is 3.76. The zero-order valence-corrected chi connectivity index (χ0v) is 19.0. The number of allylic oxidation sites excluding steroid dienone is 8. The van der Waals surface area contributed by atoms with E-state index < -0.39 is 8.32 Å². The molecule has 3 aliphatic rings. The molecule has 4 unspecified atom stereocenters. The van der Waals surface area contributed by atoms with Crippen LogP contribution in [0.4, 0.5) is 0 Å². The first-order valence-corrected chi connectivity index (χ1v) is 14.0. The Morgan fingerprint density at radius 3 is 2.37 bits per heavy atom. The van der Waals surface area contributed by atoms with E-state index in [-0.39, 0.29) is 0 Å². The molecule has 0 amide bonds. The summed E-state index contributed by atoms with van der Waals surface area (Å²) in [5.74, 6) is 2.25. The minimum Gasteiger partial charge on any atom is -0.417 e. The quantitative estimate of drug-likeness (QED) is 0.355. The monoisotopic (exact) mass is 384 g/mol. The van der Waals surface area contributed by atoms with Crippen molar-refractivity contribution < 1.29 is 4.43 Å². The fourth-order valence-electron chi connectivity index (χ4n) is 6.17. The predicted molar refractivity (Wildman–Crippen MR) is 120 cm³/mol. The first-order chi connectivity index (χ1) is 13.1. The Balaban J connectivity index is 1.81. The molecule has 1 nitrogen and oxygen atoms in total. The lowest BCUT2D eigenvalue weighted by Gasteiger charge is -2.44. The molecule has 1 saturated carbocycles. The molecule has 1 fully saturated rings. The highest BCUT2D eigenvalue weighted by Gasteiger charge is 2.48. The molecule has 0 N–H and O–H groups in total. The van der Waals surface area contributed by atoms with Crippen molar-refractivity contribution in [1.82, 2.24) is 0 Å². The van der Waals surface area contributed by atoms with Crippen LogP contribution in [0.5, 0.6) is 0 Å². The minimum absolute atomic E-state index is 0.313. The highest BCUT2D eigenvalue weighted by Crippen LogP contribution is 2.56. The van der Waals surface area contributed by atoms with Crippen molar-refractivity contribution in [3.63, 3.8) is 0 Å². The van der Waals surface area contributed by atoms with Gasteiger partial charge in [0.2, 0.25) is 0 Å². The largest absolute Gasteiger partial charge is 0.417 e. The smallest absolute Gasteiger partial charge is 0.191 e. The summed E-state index contributed by atoms with van der Waals surface area (Å²) >= 11 is 0. The summed E-state index contributed by atoms with van der Waals surface area (Å²) in [5.41, 5.74) is 1.99. The third kappa shape index (κ3) is 3.98. The summed E-state index contributed by atoms with van der Waals surface area (Å²) in [5, 5.41) is 0. The molecule has 0 bridgehead atoms. The molecule has 0 heterocycles. The lowest BCUT2D eigenvalue weighted by molar-refractivity contribution is 0.120. The van der Waals surface area contributed by atoms with E-state index in [9.17, 15) is 0 Å². The Morgan fingerprint density at radius 1 is 1.00 bits per heavy atom. The molecule has 0 aromatic heterocycles. The normalized spacial score (nSPS) is 29.0. The molecule has 0 aliphatic heterocycles. The zero-order valence-electron chi connectivity index (χ0n) is 18.0. The van der Waals surface area contributed by atoms with Crippen LogP contribution in [0.1, 0.15) is 59.8 Å². The Bertz CT molecular complexity index is 602. The van der Waals surface area contributed by atoms with Crippen LogP contribution in [0.2, 0.25) is 18.1 Å². The maximum absolute atomic E-state index is 6.75. The molecule has 0 spiro atoms. The van der Waals surface area contributed by atoms with E-state index in [0.29, 0.717) is 5.41 Å². The molecule has 3 aliphatic carbocycles. The SMILES string of the molecule is CCC(CCO[Si](CC)(CC)CC)(C1=CC=CC1)C1CCC2C=CC=CC21. The molecular weight excluding hydrogens is 344 g/mol. The van der Waals surface area contributed by atoms with E-state index in [1.54, 1.807) is 5.57 Å². The standard InChI is InChI=1S/C25H40OSi/c1-5-25(22-14-10-11-15-22,19-20-26-27(6-2,7-3)8-4)24-18-17-21-13-9-12-16-23(21)24/h9-14,16,21,23-24H,5-8,15,17-20H2,1-4H3. The van der Waals surface area contributed by atoms with Gasteiger partial charge in [0.1, 0.15) is 0 Å². The van der Waals surface area contributed by atoms with Gasteiger partial charge >= 0.3 is 0 Å². The Kier molecular flexibility index (Phi) is 7.02. The van der Waals surface area contributed by atoms with Crippen molar-refractivity contribution in [2.45, 2.75) is 77.9 Å². The molecule has 2 heteroatoms. The average molecular weight is 385 g/mol. The second-order valence-electron chi connectivity index (χ2n) is 8.87. The number of hydrogen-bond acceptors (Lipinski definition) is 1. The van der Waals surface area contributed by atoms with Crippen LogP contribution in [0.25, 0.3) is 0 Å². The average Bonchev–Trinajstić information content (AvgIpc) is 3.40. The topological polar surface area (TPSA) is 9.23 Å². The van der Waals surface area contributed by atoms with Crippen LogP contribution in [-0.2, 0) is 4.43 Å². The van der Waals surface area contributed by atoms with Gasteiger partial charge in [-0.25, -0.2) is 0 Å². The summed E-state index contributed by atoms with van der Waals surface area (Å²) in [6.45, 7) is 10.4. The van der Waals surface area contributed by atoms with E-state index >= 15 is 0 Å². The third-order valence-corrected chi connectivity index (χ3v) is 12.9. The van der Waals surface area contributed by atoms with Crippen molar-refractivity contribution in [2.75, 3.05) is 6.61 Å². The molecule has 3 rings (SSSR count). The third-order valence-electron chi connectivity index (χ3n) is 8.21. The van der Waals surface area contributed by atoms with E-state index in [1.165, 1.54) is 43.8 Å². The highest BCUT2D eigenvalue weighted by atomic mass is 28.4. The highest BCUT2D eigenvalue weighted by molar-refractivity contribution is 6.73. The van der Waals surface area contributed by atoms with E-state index in [0.717, 1.165) is 30.8 Å².